The molecule has 0 radical (unpaired) electrons. The van der Waals surface area contributed by atoms with Gasteiger partial charge < -0.3 is 9.88 Å². The average molecular weight is 725 g/mol. The van der Waals surface area contributed by atoms with Gasteiger partial charge in [0.05, 0.1) is 5.52 Å². The van der Waals surface area contributed by atoms with Crippen LogP contribution in [0.3, 0.4) is 0 Å². The molecule has 0 fully saturated rings. The molecule has 13 rings (SSSR count). The van der Waals surface area contributed by atoms with Gasteiger partial charge in [0.2, 0.25) is 0 Å². The Labute approximate surface area is 326 Å². The van der Waals surface area contributed by atoms with Gasteiger partial charge in [-0.2, -0.15) is 0 Å². The normalized spacial score (nSPS) is 14.0. The van der Waals surface area contributed by atoms with Crippen LogP contribution in [0.25, 0.3) is 66.0 Å². The monoisotopic (exact) mass is 724 g/mol. The lowest BCUT2D eigenvalue weighted by molar-refractivity contribution is 1.30. The second-order valence-electron chi connectivity index (χ2n) is 15.6. The number of benzene rings is 9. The number of aromatic amines is 1. The van der Waals surface area contributed by atoms with E-state index >= 15 is 0 Å². The molecule has 0 amide bonds. The summed E-state index contributed by atoms with van der Waals surface area (Å²) in [6.07, 6.45) is 0. The van der Waals surface area contributed by atoms with Crippen molar-refractivity contribution in [3.8, 4) is 33.4 Å². The summed E-state index contributed by atoms with van der Waals surface area (Å²) in [5.41, 5.74) is 16.8. The van der Waals surface area contributed by atoms with Crippen LogP contribution in [0.15, 0.2) is 188 Å². The maximum absolute atomic E-state index is 3.93. The van der Waals surface area contributed by atoms with Crippen molar-refractivity contribution >= 4 is 96.7 Å². The highest BCUT2D eigenvalue weighted by molar-refractivity contribution is 7.23. The Morgan fingerprint density at radius 2 is 1.11 bits per heavy atom. The molecule has 0 bridgehead atoms. The molecule has 0 aliphatic carbocycles. The van der Waals surface area contributed by atoms with Crippen LogP contribution in [-0.4, -0.2) is 20.3 Å². The van der Waals surface area contributed by atoms with E-state index in [0.717, 1.165) is 7.28 Å². The fraction of sp³-hybridized carbons (Fsp3) is 0. The first kappa shape index (κ1) is 30.4. The highest BCUT2D eigenvalue weighted by Crippen LogP contribution is 2.45. The molecule has 3 aliphatic heterocycles. The molecule has 258 valence electrons. The fourth-order valence-electron chi connectivity index (χ4n) is 10.8. The molecule has 1 spiro atoms. The van der Waals surface area contributed by atoms with Gasteiger partial charge in [0, 0.05) is 38.9 Å². The molecule has 3 aliphatic rings. The van der Waals surface area contributed by atoms with E-state index in [4.69, 9.17) is 0 Å². The Balaban J connectivity index is 1.13. The first-order chi connectivity index (χ1) is 27.8. The van der Waals surface area contributed by atoms with E-state index in [1.165, 1.54) is 115 Å². The Kier molecular flexibility index (Phi) is 6.03. The van der Waals surface area contributed by atoms with Gasteiger partial charge in [0.25, 0.3) is 0 Å². The van der Waals surface area contributed by atoms with E-state index in [2.05, 4.69) is 198 Å². The van der Waals surface area contributed by atoms with Crippen LogP contribution in [0.5, 0.6) is 0 Å². The summed E-state index contributed by atoms with van der Waals surface area (Å²) in [4.78, 5) is 6.58. The molecule has 1 aromatic heterocycles. The lowest BCUT2D eigenvalue weighted by Crippen LogP contribution is -2.76. The summed E-state index contributed by atoms with van der Waals surface area (Å²) in [6, 6.07) is 71.0. The summed E-state index contributed by atoms with van der Waals surface area (Å²) >= 11 is 0. The van der Waals surface area contributed by atoms with E-state index in [9.17, 15) is 0 Å². The fourth-order valence-corrected chi connectivity index (χ4v) is 16.4. The number of fused-ring (bicyclic) bond motifs is 16. The topological polar surface area (TPSA) is 19.0 Å². The lowest BCUT2D eigenvalue weighted by atomic mass is 9.58. The van der Waals surface area contributed by atoms with Gasteiger partial charge in [-0.25, -0.2) is 0 Å². The molecule has 9 aromatic carbocycles. The summed E-state index contributed by atoms with van der Waals surface area (Å²) in [7, 11) is -1.80. The van der Waals surface area contributed by atoms with Crippen molar-refractivity contribution in [2.45, 2.75) is 0 Å². The Bertz CT molecular complexity index is 3260. The highest BCUT2D eigenvalue weighted by atomic mass is 28.3. The summed E-state index contributed by atoms with van der Waals surface area (Å²) < 4.78 is 0. The predicted molar refractivity (Wildman–Crippen MR) is 241 cm³/mol. The van der Waals surface area contributed by atoms with Crippen LogP contribution in [-0.2, 0) is 0 Å². The minimum Gasteiger partial charge on any atom is -0.354 e. The third kappa shape index (κ3) is 3.81. The first-order valence-electron chi connectivity index (χ1n) is 19.7. The number of hydrogen-bond acceptors (Lipinski definition) is 1. The number of nitrogens with one attached hydrogen (secondary N) is 1. The molecule has 0 saturated carbocycles. The highest BCUT2D eigenvalue weighted by Gasteiger charge is 2.54. The van der Waals surface area contributed by atoms with Crippen LogP contribution in [0.1, 0.15) is 0 Å². The van der Waals surface area contributed by atoms with Crippen molar-refractivity contribution < 1.29 is 0 Å². The van der Waals surface area contributed by atoms with Crippen LogP contribution in [0.2, 0.25) is 0 Å². The SMILES string of the molecule is B1c2cccc3c2N(c2ccccc2[Si]32c3ccccc3-c3ccccc32)c2cc(-c3ccccc3)cc(-c3cccc4c3[nH]c3ccc5ccccc5c34)c21. The van der Waals surface area contributed by atoms with Gasteiger partial charge in [-0.3, -0.25) is 0 Å². The van der Waals surface area contributed by atoms with Crippen molar-refractivity contribution in [3.63, 3.8) is 0 Å². The zero-order chi connectivity index (χ0) is 36.5. The smallest absolute Gasteiger partial charge is 0.198 e. The Morgan fingerprint density at radius 3 is 1.95 bits per heavy atom. The second-order valence-corrected chi connectivity index (χ2v) is 19.3. The van der Waals surface area contributed by atoms with Crippen molar-refractivity contribution in [1.82, 2.24) is 4.98 Å². The second kappa shape index (κ2) is 11.1. The van der Waals surface area contributed by atoms with Crippen LogP contribution in [0.4, 0.5) is 17.1 Å². The van der Waals surface area contributed by atoms with Crippen LogP contribution >= 0.6 is 0 Å². The maximum Gasteiger partial charge on any atom is 0.198 e. The largest absolute Gasteiger partial charge is 0.354 e. The van der Waals surface area contributed by atoms with E-state index in [1.54, 1.807) is 0 Å². The van der Waals surface area contributed by atoms with E-state index in [0.29, 0.717) is 0 Å². The number of hydrogen-bond donors (Lipinski definition) is 1. The molecule has 10 aromatic rings. The zero-order valence-electron chi connectivity index (χ0n) is 30.6. The van der Waals surface area contributed by atoms with Gasteiger partial charge in [-0.05, 0) is 89.1 Å². The molecular weight excluding hydrogens is 691 g/mol. The Hall–Kier alpha value is -6.88. The number of anilines is 3. The third-order valence-electron chi connectivity index (χ3n) is 13.0. The number of H-pyrrole nitrogens is 1. The number of para-hydroxylation sites is 3. The molecule has 0 saturated heterocycles. The maximum atomic E-state index is 3.93. The molecule has 2 nitrogen and oxygen atoms in total. The van der Waals surface area contributed by atoms with Gasteiger partial charge in [0.1, 0.15) is 0 Å². The number of nitrogens with zero attached hydrogens (tertiary/aromatic N) is 1. The first-order valence-corrected chi connectivity index (χ1v) is 21.7. The number of rotatable bonds is 2. The van der Waals surface area contributed by atoms with Crippen molar-refractivity contribution in [2.24, 2.45) is 0 Å². The Morgan fingerprint density at radius 1 is 0.446 bits per heavy atom. The molecule has 4 heterocycles. The predicted octanol–water partition coefficient (Wildman–Crippen LogP) is 8.65. The third-order valence-corrected chi connectivity index (χ3v) is 17.9. The van der Waals surface area contributed by atoms with Crippen LogP contribution < -0.4 is 36.6 Å². The standard InChI is InChI=1S/C52H33BN2Si/c1-2-14-32(15-3-1)34-30-40(38-20-12-21-39-49-35-17-5-4-16-33(35)28-29-42(49)54-51(38)39)50-44(31-34)55-43-23-8-11-26-47(43)56(48-27-13-22-41(53-50)52(48)55)45-24-9-6-18-36(45)37-19-7-10-25-46(37)56/h1-31,53-54H. The van der Waals surface area contributed by atoms with Gasteiger partial charge >= 0.3 is 0 Å². The van der Waals surface area contributed by atoms with Crippen LogP contribution in [0, 0.1) is 0 Å². The van der Waals surface area contributed by atoms with Crippen molar-refractivity contribution in [2.75, 3.05) is 4.90 Å². The molecule has 4 heteroatoms. The van der Waals surface area contributed by atoms with E-state index < -0.39 is 8.07 Å². The molecule has 0 unspecified atom stereocenters. The number of aromatic nitrogens is 1. The zero-order valence-corrected chi connectivity index (χ0v) is 31.6. The van der Waals surface area contributed by atoms with Crippen molar-refractivity contribution in [3.05, 3.63) is 188 Å². The van der Waals surface area contributed by atoms with Crippen molar-refractivity contribution in [1.29, 1.82) is 0 Å². The van der Waals surface area contributed by atoms with Gasteiger partial charge in [0.15, 0.2) is 15.4 Å². The van der Waals surface area contributed by atoms with E-state index in [1.807, 2.05) is 0 Å². The summed E-state index contributed by atoms with van der Waals surface area (Å²) in [5.74, 6) is 0. The van der Waals surface area contributed by atoms with Gasteiger partial charge in [-0.1, -0.05) is 169 Å². The quantitative estimate of drug-likeness (QED) is 0.177. The molecule has 1 N–H and O–H groups in total. The summed E-state index contributed by atoms with van der Waals surface area (Å²) in [5, 5.41) is 11.1. The minimum absolute atomic E-state index is 0.856. The average Bonchev–Trinajstić information content (AvgIpc) is 3.80. The summed E-state index contributed by atoms with van der Waals surface area (Å²) in [6.45, 7) is 0. The molecular formula is C52H33BN2Si. The molecule has 0 atom stereocenters. The lowest BCUT2D eigenvalue weighted by Gasteiger charge is -2.47. The van der Waals surface area contributed by atoms with E-state index in [-0.39, 0.29) is 0 Å². The molecule has 56 heavy (non-hydrogen) atoms. The minimum atomic E-state index is -2.66. The van der Waals surface area contributed by atoms with Gasteiger partial charge in [-0.15, -0.1) is 0 Å².